The van der Waals surface area contributed by atoms with Crippen molar-refractivity contribution in [1.82, 2.24) is 15.0 Å². The highest BCUT2D eigenvalue weighted by molar-refractivity contribution is 6.61. The molecule has 0 fully saturated rings. The summed E-state index contributed by atoms with van der Waals surface area (Å²) >= 11 is 0. The van der Waals surface area contributed by atoms with Crippen LogP contribution in [0.5, 0.6) is 0 Å². The smallest absolute Gasteiger partial charge is 0.423 e. The van der Waals surface area contributed by atoms with Crippen molar-refractivity contribution in [3.63, 3.8) is 0 Å². The van der Waals surface area contributed by atoms with Crippen molar-refractivity contribution in [2.75, 3.05) is 11.9 Å². The number of hydrogen-bond acceptors (Lipinski definition) is 6. The number of halogens is 1. The average Bonchev–Trinajstić information content (AvgIpc) is 3.08. The molecule has 0 saturated carbocycles. The van der Waals surface area contributed by atoms with Crippen molar-refractivity contribution in [2.24, 2.45) is 0 Å². The molecule has 0 unspecified atom stereocenters. The molecule has 0 aliphatic carbocycles. The lowest BCUT2D eigenvalue weighted by Crippen LogP contribution is -2.33. The quantitative estimate of drug-likeness (QED) is 0.435. The second kappa shape index (κ2) is 7.36. The largest absolute Gasteiger partial charge is 0.490 e. The van der Waals surface area contributed by atoms with Gasteiger partial charge in [-0.3, -0.25) is 9.97 Å². The summed E-state index contributed by atoms with van der Waals surface area (Å²) in [6.07, 6.45) is 3.20. The summed E-state index contributed by atoms with van der Waals surface area (Å²) in [5.41, 5.74) is 5.60. The predicted molar refractivity (Wildman–Crippen MR) is 124 cm³/mol. The van der Waals surface area contributed by atoms with E-state index in [9.17, 15) is 14.4 Å². The molecule has 1 aliphatic rings. The summed E-state index contributed by atoms with van der Waals surface area (Å²) in [6, 6.07) is 10.0. The number of hydrogen-bond donors (Lipinski definition) is 3. The van der Waals surface area contributed by atoms with Crippen LogP contribution in [0.1, 0.15) is 25.1 Å². The van der Waals surface area contributed by atoms with Crippen molar-refractivity contribution >= 4 is 29.2 Å². The molecule has 160 valence electrons. The van der Waals surface area contributed by atoms with E-state index in [2.05, 4.69) is 29.1 Å². The monoisotopic (exact) mass is 428 g/mol. The van der Waals surface area contributed by atoms with Gasteiger partial charge in [0.2, 0.25) is 0 Å². The van der Waals surface area contributed by atoms with Gasteiger partial charge in [0.15, 0.2) is 0 Å². The van der Waals surface area contributed by atoms with E-state index in [1.54, 1.807) is 12.3 Å². The van der Waals surface area contributed by atoms with Crippen molar-refractivity contribution in [1.29, 1.82) is 0 Å². The zero-order valence-corrected chi connectivity index (χ0v) is 18.0. The van der Waals surface area contributed by atoms with E-state index in [-0.39, 0.29) is 10.9 Å². The Kier molecular flexibility index (Phi) is 4.72. The molecule has 4 aromatic rings. The topological polar surface area (TPSA) is 91.2 Å². The number of benzene rings is 1. The second-order valence-corrected chi connectivity index (χ2v) is 8.76. The molecule has 8 heteroatoms. The van der Waals surface area contributed by atoms with Crippen molar-refractivity contribution in [3.05, 3.63) is 65.9 Å². The molecule has 1 aromatic carbocycles. The van der Waals surface area contributed by atoms with Crippen LogP contribution in [0.3, 0.4) is 0 Å². The molecule has 0 radical (unpaired) electrons. The number of anilines is 1. The molecule has 0 spiro atoms. The van der Waals surface area contributed by atoms with Crippen LogP contribution in [0, 0.1) is 12.7 Å². The molecule has 6 nitrogen and oxygen atoms in total. The first-order valence-electron chi connectivity index (χ1n) is 10.4. The van der Waals surface area contributed by atoms with Gasteiger partial charge < -0.3 is 15.4 Å². The van der Waals surface area contributed by atoms with Crippen LogP contribution in [0.15, 0.2) is 48.8 Å². The third-order valence-electron chi connectivity index (χ3n) is 6.08. The zero-order chi connectivity index (χ0) is 22.6. The molecule has 1 aliphatic heterocycles. The number of pyridine rings is 3. The van der Waals surface area contributed by atoms with Crippen molar-refractivity contribution in [2.45, 2.75) is 26.2 Å². The minimum atomic E-state index is -1.73. The van der Waals surface area contributed by atoms with Gasteiger partial charge in [0, 0.05) is 46.8 Å². The van der Waals surface area contributed by atoms with E-state index in [0.29, 0.717) is 34.4 Å². The Morgan fingerprint density at radius 3 is 2.62 bits per heavy atom. The van der Waals surface area contributed by atoms with Gasteiger partial charge in [0.05, 0.1) is 28.3 Å². The number of aromatic nitrogens is 3. The molecule has 32 heavy (non-hydrogen) atoms. The molecule has 3 N–H and O–H groups in total. The molecular formula is C24H22BFN4O2. The Hall–Kier alpha value is -3.36. The number of nitrogens with zero attached hydrogens (tertiary/aromatic N) is 3. The Bertz CT molecular complexity index is 1360. The van der Waals surface area contributed by atoms with Gasteiger partial charge in [-0.2, -0.15) is 0 Å². The van der Waals surface area contributed by atoms with Crippen LogP contribution in [0.2, 0.25) is 0 Å². The zero-order valence-electron chi connectivity index (χ0n) is 18.0. The second-order valence-electron chi connectivity index (χ2n) is 8.76. The molecule has 0 amide bonds. The van der Waals surface area contributed by atoms with Gasteiger partial charge in [0.25, 0.3) is 0 Å². The molecule has 0 saturated heterocycles. The minimum absolute atomic E-state index is 0.227. The van der Waals surface area contributed by atoms with E-state index in [4.69, 9.17) is 4.98 Å². The van der Waals surface area contributed by atoms with Gasteiger partial charge >= 0.3 is 7.12 Å². The molecular weight excluding hydrogens is 406 g/mol. The Morgan fingerprint density at radius 2 is 1.91 bits per heavy atom. The molecule has 3 aromatic heterocycles. The molecule has 5 rings (SSSR count). The number of rotatable bonds is 3. The van der Waals surface area contributed by atoms with Crippen molar-refractivity contribution in [3.8, 4) is 22.5 Å². The van der Waals surface area contributed by atoms with Crippen LogP contribution in [-0.2, 0) is 5.41 Å². The highest BCUT2D eigenvalue weighted by Crippen LogP contribution is 2.44. The maximum atomic E-state index is 14.2. The van der Waals surface area contributed by atoms with Crippen LogP contribution in [-0.4, -0.2) is 38.7 Å². The van der Waals surface area contributed by atoms with Gasteiger partial charge in [-0.15, -0.1) is 0 Å². The predicted octanol–water partition coefficient (Wildman–Crippen LogP) is 3.19. The van der Waals surface area contributed by atoms with Gasteiger partial charge in [-0.25, -0.2) is 9.37 Å². The standard InChI is InChI=1S/C24H22BFN4O2/c1-13-19(20-16(25(31)32)11-28-23-22(20)29-12-24(23,2)3)15-8-7-14(26)10-18(15)30-21(13)17-6-4-5-9-27-17/h4-11,29,31-32H,12H2,1-3H3. The summed E-state index contributed by atoms with van der Waals surface area (Å²) in [4.78, 5) is 13.7. The highest BCUT2D eigenvalue weighted by Gasteiger charge is 2.36. The third-order valence-corrected chi connectivity index (χ3v) is 6.08. The van der Waals surface area contributed by atoms with Crippen LogP contribution >= 0.6 is 0 Å². The number of nitrogens with one attached hydrogen (secondary N) is 1. The maximum absolute atomic E-state index is 14.2. The Morgan fingerprint density at radius 1 is 1.09 bits per heavy atom. The lowest BCUT2D eigenvalue weighted by Gasteiger charge is -2.21. The average molecular weight is 428 g/mol. The summed E-state index contributed by atoms with van der Waals surface area (Å²) in [5.74, 6) is -0.395. The third kappa shape index (κ3) is 3.14. The van der Waals surface area contributed by atoms with Crippen LogP contribution in [0.4, 0.5) is 10.1 Å². The van der Waals surface area contributed by atoms with Gasteiger partial charge in [-0.05, 0) is 42.3 Å². The van der Waals surface area contributed by atoms with Crippen LogP contribution < -0.4 is 10.8 Å². The molecule has 0 bridgehead atoms. The summed E-state index contributed by atoms with van der Waals surface area (Å²) in [7, 11) is -1.73. The van der Waals surface area contributed by atoms with Crippen LogP contribution in [0.25, 0.3) is 33.4 Å². The van der Waals surface area contributed by atoms with Crippen molar-refractivity contribution < 1.29 is 14.4 Å². The first-order chi connectivity index (χ1) is 15.3. The molecule has 0 atom stereocenters. The van der Waals surface area contributed by atoms with Gasteiger partial charge in [-0.1, -0.05) is 19.9 Å². The van der Waals surface area contributed by atoms with E-state index < -0.39 is 12.9 Å². The molecule has 4 heterocycles. The lowest BCUT2D eigenvalue weighted by atomic mass is 9.73. The first-order valence-corrected chi connectivity index (χ1v) is 10.4. The fourth-order valence-electron chi connectivity index (χ4n) is 4.48. The number of fused-ring (bicyclic) bond motifs is 2. The first kappa shape index (κ1) is 20.5. The van der Waals surface area contributed by atoms with E-state index in [1.165, 1.54) is 18.3 Å². The Balaban J connectivity index is 1.94. The summed E-state index contributed by atoms with van der Waals surface area (Å²) in [6.45, 7) is 6.76. The van der Waals surface area contributed by atoms with E-state index in [1.807, 2.05) is 25.1 Å². The fraction of sp³-hybridized carbons (Fsp3) is 0.208. The summed E-state index contributed by atoms with van der Waals surface area (Å²) in [5, 5.41) is 24.6. The normalized spacial score (nSPS) is 14.3. The van der Waals surface area contributed by atoms with Gasteiger partial charge in [0.1, 0.15) is 5.82 Å². The Labute approximate surface area is 185 Å². The van der Waals surface area contributed by atoms with E-state index >= 15 is 0 Å². The SMILES string of the molecule is Cc1c(-c2ccccn2)nc2cc(F)ccc2c1-c1c(B(O)O)cnc2c1NCC2(C)C. The fourth-order valence-corrected chi connectivity index (χ4v) is 4.48. The highest BCUT2D eigenvalue weighted by atomic mass is 19.1. The maximum Gasteiger partial charge on any atom is 0.490 e. The summed E-state index contributed by atoms with van der Waals surface area (Å²) < 4.78 is 14.2. The minimum Gasteiger partial charge on any atom is -0.423 e. The van der Waals surface area contributed by atoms with E-state index in [0.717, 1.165) is 22.5 Å². The lowest BCUT2D eigenvalue weighted by molar-refractivity contribution is 0.425.